The standard InChI is InChI=1S/C73H96N11O34P5S4/c1-6-81-53-30-28-48(126(105,106)107)36-50(53)72(2,3)58(81)24-11-7-12-25-59-73(4,5)51-37-49(127(108,109)110)29-31-54(51)82(59)33-17-9-13-26-60(86)79-52(69(90)76-32-16-8-10-22-47(85)23-15-14-20-46-40-83(71(91)80-66(46)74)61-38-55(116-120(95,96)97)56(114-61)41-112-119(92,93)94)43-125-124-35-19-27-62(87)111-34-18-21-45-39-84(68-63(45)67(75)77-44-78-68)70-65(89)64(88)57(115-70)42-113-122(101,102)118-123(103,104)117-121(98,99)100/h7,11-12,24-25,28-31,36-37,39-40,44,52,55-57,61,64-65,70,88-89H,6,8-10,13,15-17,19,22-23,26-27,32-35,38,41-43H2,1-5H3,(H15-,74,75,76,77,78,79,80,86,90,91,92,93,94,95,96,97,98,99,100,101,102,103,104,105,106,107,108,109,110)/p+1. The van der Waals surface area contributed by atoms with E-state index in [9.17, 15) is 112 Å². The number of hydrogen-bond donors (Lipinski definition) is 16. The maximum atomic E-state index is 13.9. The number of aliphatic hydroxyl groups is 2. The number of aromatic nitrogens is 5. The number of rotatable bonds is 44. The van der Waals surface area contributed by atoms with Gasteiger partial charge in [-0.3, -0.25) is 46.4 Å². The van der Waals surface area contributed by atoms with Crippen molar-refractivity contribution in [2.45, 2.75) is 188 Å². The van der Waals surface area contributed by atoms with Crippen molar-refractivity contribution in [2.75, 3.05) is 67.3 Å². The fraction of sp³-hybridized carbons (Fsp3) is 0.493. The molecule has 2 fully saturated rings. The van der Waals surface area contributed by atoms with Gasteiger partial charge in [-0.15, -0.1) is 0 Å². The molecule has 5 aromatic rings. The Morgan fingerprint density at radius 2 is 1.39 bits per heavy atom. The van der Waals surface area contributed by atoms with Crippen molar-refractivity contribution in [3.63, 3.8) is 0 Å². The van der Waals surface area contributed by atoms with Crippen LogP contribution in [-0.2, 0) is 109 Å². The van der Waals surface area contributed by atoms with Crippen LogP contribution in [0.1, 0.15) is 153 Å². The number of carbonyl (C=O) groups excluding carboxylic acids is 4. The molecule has 10 unspecified atom stereocenters. The number of nitrogens with zero attached hydrogens (tertiary/aromatic N) is 7. The van der Waals surface area contributed by atoms with Gasteiger partial charge in [0.15, 0.2) is 18.5 Å². The molecule has 7 heterocycles. The van der Waals surface area contributed by atoms with E-state index in [0.29, 0.717) is 75.0 Å². The third kappa shape index (κ3) is 29.0. The molecule has 45 nitrogen and oxygen atoms in total. The molecule has 0 radical (unpaired) electrons. The molecule has 3 aromatic heterocycles. The lowest BCUT2D eigenvalue weighted by Crippen LogP contribution is -2.48. The highest BCUT2D eigenvalue weighted by atomic mass is 33.1. The molecule has 10 atom stereocenters. The van der Waals surface area contributed by atoms with Gasteiger partial charge in [0.25, 0.3) is 20.2 Å². The fourth-order valence-corrected chi connectivity index (χ4v) is 21.4. The summed E-state index contributed by atoms with van der Waals surface area (Å²) in [6, 6.07) is 7.85. The molecule has 696 valence electrons. The second-order valence-corrected chi connectivity index (χ2v) is 42.4. The Labute approximate surface area is 735 Å². The van der Waals surface area contributed by atoms with Gasteiger partial charge in [0.1, 0.15) is 78.7 Å². The van der Waals surface area contributed by atoms with Crippen molar-refractivity contribution in [3.8, 4) is 23.7 Å². The van der Waals surface area contributed by atoms with Gasteiger partial charge in [-0.2, -0.15) is 35.0 Å². The molecule has 18 N–H and O–H groups in total. The van der Waals surface area contributed by atoms with Crippen LogP contribution >= 0.6 is 60.7 Å². The van der Waals surface area contributed by atoms with E-state index in [-0.39, 0.29) is 93.8 Å². The summed E-state index contributed by atoms with van der Waals surface area (Å²) in [5, 5.41) is 27.7. The Morgan fingerprint density at radius 1 is 0.717 bits per heavy atom. The summed E-state index contributed by atoms with van der Waals surface area (Å²) in [6.07, 6.45) is 4.60. The summed E-state index contributed by atoms with van der Waals surface area (Å²) in [4.78, 5) is 154. The van der Waals surface area contributed by atoms with Crippen LogP contribution in [0.25, 0.3) is 11.0 Å². The van der Waals surface area contributed by atoms with Crippen LogP contribution in [-0.4, -0.2) is 221 Å². The molecule has 0 spiro atoms. The predicted octanol–water partition coefficient (Wildman–Crippen LogP) is 5.55. The molecule has 0 aliphatic carbocycles. The first-order valence-corrected chi connectivity index (χ1v) is 51.8. The van der Waals surface area contributed by atoms with E-state index in [1.165, 1.54) is 56.6 Å². The van der Waals surface area contributed by atoms with Crippen molar-refractivity contribution in [2.24, 2.45) is 0 Å². The highest BCUT2D eigenvalue weighted by molar-refractivity contribution is 8.76. The number of hydrogen-bond acceptors (Lipinski definition) is 32. The first-order valence-electron chi connectivity index (χ1n) is 38.9. The van der Waals surface area contributed by atoms with E-state index in [2.05, 4.69) is 76.4 Å². The zero-order valence-corrected chi connectivity index (χ0v) is 76.3. The molecule has 4 aliphatic heterocycles. The number of phosphoric acid groups is 5. The Morgan fingerprint density at radius 3 is 2.07 bits per heavy atom. The lowest BCUT2D eigenvalue weighted by molar-refractivity contribution is -0.433. The molecule has 2 saturated heterocycles. The minimum Gasteiger partial charge on any atom is -0.452 e. The molecule has 127 heavy (non-hydrogen) atoms. The maximum absolute atomic E-state index is 13.9. The van der Waals surface area contributed by atoms with Gasteiger partial charge in [0, 0.05) is 110 Å². The summed E-state index contributed by atoms with van der Waals surface area (Å²) in [7, 11) is -34.0. The number of ketones is 1. The number of phosphoric ester groups is 3. The van der Waals surface area contributed by atoms with Crippen LogP contribution in [0.3, 0.4) is 0 Å². The van der Waals surface area contributed by atoms with Crippen LogP contribution in [0.5, 0.6) is 0 Å². The topological polar surface area (TPSA) is 686 Å². The van der Waals surface area contributed by atoms with Crippen molar-refractivity contribution in [1.82, 2.24) is 34.7 Å². The molecule has 54 heteroatoms. The van der Waals surface area contributed by atoms with Gasteiger partial charge < -0.3 is 95.1 Å². The lowest BCUT2D eigenvalue weighted by atomic mass is 9.81. The largest absolute Gasteiger partial charge is 0.490 e. The number of nitrogens with two attached hydrogens (primary N) is 2. The number of nitrogens with one attached hydrogen (secondary N) is 2. The van der Waals surface area contributed by atoms with Crippen molar-refractivity contribution < 1.29 is 158 Å². The van der Waals surface area contributed by atoms with E-state index in [1.807, 2.05) is 65.0 Å². The van der Waals surface area contributed by atoms with Crippen LogP contribution in [0.15, 0.2) is 106 Å². The SMILES string of the molecule is CC[N+]1=C(/C=C/C=C/C=C2/N(CCCCCC(=O)NC(CSSCCCC(=O)OCC#Cc3cn(C4OC(COP(=O)(O)OP(=O)(O)OP(=O)(O)O)C(O)C4O)c4ncnc(N)c34)C(=O)NCCCCCC(=O)CCC#Cc3cn(C4CC(OP(=O)(O)O)C(COP(=O)(O)O)O4)c(=O)nc3N)c3ccc(S(=O)(=O)O)cc3C2(C)C)C(C)(C)c2cc(S(=O)(=O)O)ccc21. The van der Waals surface area contributed by atoms with Crippen LogP contribution in [0, 0.1) is 23.7 Å². The second kappa shape index (κ2) is 43.6. The predicted molar refractivity (Wildman–Crippen MR) is 457 cm³/mol. The van der Waals surface area contributed by atoms with E-state index in [1.54, 1.807) is 12.1 Å². The number of aliphatic hydroxyl groups excluding tert-OH is 2. The highest BCUT2D eigenvalue weighted by Gasteiger charge is 2.49. The Bertz CT molecular complexity index is 5770. The van der Waals surface area contributed by atoms with Gasteiger partial charge >= 0.3 is 50.8 Å². The summed E-state index contributed by atoms with van der Waals surface area (Å²) in [5.74, 6) is 9.35. The summed E-state index contributed by atoms with van der Waals surface area (Å²) in [5.41, 5.74) is 14.4. The Balaban J connectivity index is 0.782. The number of amides is 2. The average Bonchev–Trinajstić information content (AvgIpc) is 1.59. The first-order chi connectivity index (χ1) is 59.3. The molecule has 4 aliphatic rings. The quantitative estimate of drug-likeness (QED) is 0.00332. The number of anilines is 3. The Hall–Kier alpha value is -7.58. The maximum Gasteiger partial charge on any atom is 0.490 e. The summed E-state index contributed by atoms with van der Waals surface area (Å²) < 4.78 is 169. The number of esters is 1. The minimum atomic E-state index is -5.89. The van der Waals surface area contributed by atoms with Crippen LogP contribution in [0.2, 0.25) is 0 Å². The van der Waals surface area contributed by atoms with E-state index < -0.39 is 169 Å². The normalized spacial score (nSPS) is 20.9. The van der Waals surface area contributed by atoms with E-state index in [4.69, 9.17) is 40.0 Å². The molecular weight excluding hydrogens is 1860 g/mol. The fourth-order valence-electron chi connectivity index (χ4n) is 14.2. The number of nitrogen functional groups attached to an aromatic ring is 2. The van der Waals surface area contributed by atoms with Gasteiger partial charge in [0.05, 0.1) is 44.9 Å². The number of unbranched alkanes of at least 4 members (excludes halogenated alkanes) is 4. The van der Waals surface area contributed by atoms with Crippen LogP contribution < -0.4 is 32.7 Å². The number of fused-ring (bicyclic) bond motifs is 3. The molecule has 2 amide bonds. The average molecular weight is 1960 g/mol. The number of benzene rings is 2. The smallest absolute Gasteiger partial charge is 0.452 e. The van der Waals surface area contributed by atoms with Crippen molar-refractivity contribution in [3.05, 3.63) is 124 Å². The minimum absolute atomic E-state index is 0.00421. The molecule has 0 saturated carbocycles. The van der Waals surface area contributed by atoms with Crippen LogP contribution in [0.4, 0.5) is 23.0 Å². The van der Waals surface area contributed by atoms with E-state index in [0.717, 1.165) is 39.8 Å². The van der Waals surface area contributed by atoms with Gasteiger partial charge in [-0.1, -0.05) is 90.2 Å². The lowest BCUT2D eigenvalue weighted by Gasteiger charge is -2.27. The molecular formula is C73H97N11O34P5S4+. The highest BCUT2D eigenvalue weighted by Crippen LogP contribution is 2.66. The van der Waals surface area contributed by atoms with Gasteiger partial charge in [0.2, 0.25) is 17.5 Å². The number of carbonyl (C=O) groups is 4. The molecule has 2 aromatic carbocycles. The van der Waals surface area contributed by atoms with Gasteiger partial charge in [-0.05, 0) is 94.8 Å². The number of allylic oxidation sites excluding steroid dienone is 6. The third-order valence-corrected chi connectivity index (χ3v) is 29.2. The van der Waals surface area contributed by atoms with E-state index >= 15 is 0 Å². The summed E-state index contributed by atoms with van der Waals surface area (Å²) in [6.45, 7) is 8.46. The zero-order chi connectivity index (χ0) is 93.6. The monoisotopic (exact) mass is 1950 g/mol. The summed E-state index contributed by atoms with van der Waals surface area (Å²) >= 11 is 0. The number of ether oxygens (including phenoxy) is 3. The second-order valence-electron chi connectivity index (χ2n) is 30.0. The van der Waals surface area contributed by atoms with Crippen molar-refractivity contribution in [1.29, 1.82) is 0 Å². The molecule has 9 rings (SSSR count). The Kier molecular flexibility index (Phi) is 35.4. The zero-order valence-electron chi connectivity index (χ0n) is 68.6. The third-order valence-electron chi connectivity index (χ3n) is 20.2. The number of Topliss-reactive ketones (excluding diaryl/α,β-unsaturated/α-hetero) is 1. The molecule has 0 bridgehead atoms. The first kappa shape index (κ1) is 103. The van der Waals surface area contributed by atoms with Gasteiger partial charge in [-0.25, -0.2) is 37.6 Å². The van der Waals surface area contributed by atoms with Crippen molar-refractivity contribution >= 4 is 144 Å².